The van der Waals surface area contributed by atoms with Crippen LogP contribution in [0.5, 0.6) is 0 Å². The van der Waals surface area contributed by atoms with Crippen molar-refractivity contribution in [3.05, 3.63) is 35.4 Å². The van der Waals surface area contributed by atoms with Crippen LogP contribution in [0.15, 0.2) is 24.3 Å². The highest BCUT2D eigenvalue weighted by Gasteiger charge is 2.19. The summed E-state index contributed by atoms with van der Waals surface area (Å²) in [6.45, 7) is 7.66. The van der Waals surface area contributed by atoms with Crippen molar-refractivity contribution in [2.45, 2.75) is 38.8 Å². The van der Waals surface area contributed by atoms with Crippen LogP contribution >= 0.6 is 0 Å². The molecule has 0 aromatic heterocycles. The molecule has 1 saturated heterocycles. The fourth-order valence-electron chi connectivity index (χ4n) is 2.90. The van der Waals surface area contributed by atoms with Crippen molar-refractivity contribution in [1.29, 1.82) is 0 Å². The summed E-state index contributed by atoms with van der Waals surface area (Å²) in [6.07, 6.45) is 3.92. The van der Waals surface area contributed by atoms with Gasteiger partial charge in [-0.2, -0.15) is 0 Å². The zero-order valence-corrected chi connectivity index (χ0v) is 12.9. The smallest absolute Gasteiger partial charge is 0.0595 e. The molecule has 1 aromatic rings. The number of ether oxygens (including phenoxy) is 1. The van der Waals surface area contributed by atoms with Crippen LogP contribution in [0.1, 0.15) is 30.9 Å². The van der Waals surface area contributed by atoms with Gasteiger partial charge in [0.2, 0.25) is 0 Å². The largest absolute Gasteiger partial charge is 0.381 e. The molecule has 1 aliphatic rings. The molecule has 1 heterocycles. The molecule has 0 radical (unpaired) electrons. The minimum absolute atomic E-state index is 0.468. The summed E-state index contributed by atoms with van der Waals surface area (Å²) < 4.78 is 5.44. The number of rotatable bonds is 7. The third-order valence-electron chi connectivity index (χ3n) is 4.20. The van der Waals surface area contributed by atoms with Gasteiger partial charge < -0.3 is 10.1 Å². The van der Waals surface area contributed by atoms with E-state index in [0.717, 1.165) is 52.0 Å². The Morgan fingerprint density at radius 2 is 1.90 bits per heavy atom. The second-order valence-corrected chi connectivity index (χ2v) is 5.58. The van der Waals surface area contributed by atoms with Crippen LogP contribution in [-0.2, 0) is 17.7 Å². The maximum atomic E-state index is 5.44. The maximum absolute atomic E-state index is 5.44. The topological polar surface area (TPSA) is 24.5 Å². The first-order chi connectivity index (χ1) is 9.83. The van der Waals surface area contributed by atoms with Gasteiger partial charge in [0.05, 0.1) is 6.10 Å². The Bertz CT molecular complexity index is 386. The average molecular weight is 276 g/mol. The van der Waals surface area contributed by atoms with Gasteiger partial charge in [0.1, 0.15) is 0 Å². The van der Waals surface area contributed by atoms with E-state index in [0.29, 0.717) is 6.10 Å². The number of likely N-dealkylation sites (tertiary alicyclic amines) is 1. The minimum atomic E-state index is 0.468. The quantitative estimate of drug-likeness (QED) is 0.774. The van der Waals surface area contributed by atoms with Gasteiger partial charge in [-0.3, -0.25) is 4.90 Å². The zero-order chi connectivity index (χ0) is 14.2. The molecule has 0 atom stereocenters. The van der Waals surface area contributed by atoms with E-state index in [9.17, 15) is 0 Å². The number of piperidine rings is 1. The third-order valence-corrected chi connectivity index (χ3v) is 4.20. The highest BCUT2D eigenvalue weighted by molar-refractivity contribution is 5.27. The summed E-state index contributed by atoms with van der Waals surface area (Å²) in [7, 11) is 1.83. The summed E-state index contributed by atoms with van der Waals surface area (Å²) in [6, 6.07) is 8.87. The summed E-state index contributed by atoms with van der Waals surface area (Å²) in [4.78, 5) is 2.56. The van der Waals surface area contributed by atoms with Gasteiger partial charge in [0.25, 0.3) is 0 Å². The Balaban J connectivity index is 1.88. The van der Waals surface area contributed by atoms with Gasteiger partial charge in [-0.1, -0.05) is 31.2 Å². The monoisotopic (exact) mass is 276 g/mol. The lowest BCUT2D eigenvalue weighted by molar-refractivity contribution is 0.0388. The van der Waals surface area contributed by atoms with Crippen LogP contribution in [0.4, 0.5) is 0 Å². The number of methoxy groups -OCH3 is 1. The molecule has 3 nitrogen and oxygen atoms in total. The second kappa shape index (κ2) is 8.40. The van der Waals surface area contributed by atoms with Gasteiger partial charge in [-0.25, -0.2) is 0 Å². The molecule has 2 rings (SSSR count). The van der Waals surface area contributed by atoms with Crippen molar-refractivity contribution in [1.82, 2.24) is 10.2 Å². The SMILES string of the molecule is CCNCCc1ccccc1CN1CCC(OC)CC1. The van der Waals surface area contributed by atoms with Crippen LogP contribution in [0.3, 0.4) is 0 Å². The zero-order valence-electron chi connectivity index (χ0n) is 12.9. The molecule has 112 valence electrons. The van der Waals surface area contributed by atoms with Crippen molar-refractivity contribution < 1.29 is 4.74 Å². The van der Waals surface area contributed by atoms with Gasteiger partial charge in [-0.15, -0.1) is 0 Å². The molecule has 1 aliphatic heterocycles. The minimum Gasteiger partial charge on any atom is -0.381 e. The van der Waals surface area contributed by atoms with E-state index in [1.807, 2.05) is 7.11 Å². The Hall–Kier alpha value is -0.900. The van der Waals surface area contributed by atoms with Crippen LogP contribution in [0.2, 0.25) is 0 Å². The van der Waals surface area contributed by atoms with E-state index >= 15 is 0 Å². The van der Waals surface area contributed by atoms with Crippen LogP contribution in [0.25, 0.3) is 0 Å². The lowest BCUT2D eigenvalue weighted by Crippen LogP contribution is -2.36. The van der Waals surface area contributed by atoms with E-state index in [1.54, 1.807) is 0 Å². The molecule has 3 heteroatoms. The first kappa shape index (κ1) is 15.5. The molecular weight excluding hydrogens is 248 g/mol. The summed E-state index contributed by atoms with van der Waals surface area (Å²) in [5.74, 6) is 0. The van der Waals surface area contributed by atoms with Crippen LogP contribution in [-0.4, -0.2) is 44.3 Å². The molecule has 0 aliphatic carbocycles. The highest BCUT2D eigenvalue weighted by atomic mass is 16.5. The van der Waals surface area contributed by atoms with E-state index in [1.165, 1.54) is 11.1 Å². The van der Waals surface area contributed by atoms with E-state index < -0.39 is 0 Å². The third kappa shape index (κ3) is 4.58. The second-order valence-electron chi connectivity index (χ2n) is 5.58. The van der Waals surface area contributed by atoms with Crippen molar-refractivity contribution >= 4 is 0 Å². The Morgan fingerprint density at radius 1 is 1.20 bits per heavy atom. The molecule has 0 bridgehead atoms. The number of nitrogens with one attached hydrogen (secondary N) is 1. The summed E-state index contributed by atoms with van der Waals surface area (Å²) in [5, 5.41) is 3.41. The fourth-order valence-corrected chi connectivity index (χ4v) is 2.90. The Kier molecular flexibility index (Phi) is 6.51. The van der Waals surface area contributed by atoms with Gasteiger partial charge in [0, 0.05) is 26.7 Å². The first-order valence-electron chi connectivity index (χ1n) is 7.86. The standard InChI is InChI=1S/C17H28N2O/c1-3-18-11-8-15-6-4-5-7-16(15)14-19-12-9-17(20-2)10-13-19/h4-7,17-18H,3,8-14H2,1-2H3. The highest BCUT2D eigenvalue weighted by Crippen LogP contribution is 2.18. The van der Waals surface area contributed by atoms with Crippen molar-refractivity contribution in [2.75, 3.05) is 33.3 Å². The lowest BCUT2D eigenvalue weighted by Gasteiger charge is -2.31. The molecule has 1 aromatic carbocycles. The number of likely N-dealkylation sites (N-methyl/N-ethyl adjacent to an activating group) is 1. The molecular formula is C17H28N2O. The normalized spacial score (nSPS) is 17.5. The van der Waals surface area contributed by atoms with E-state index in [2.05, 4.69) is 41.4 Å². The van der Waals surface area contributed by atoms with Crippen molar-refractivity contribution in [3.8, 4) is 0 Å². The lowest BCUT2D eigenvalue weighted by atomic mass is 10.0. The number of benzene rings is 1. The van der Waals surface area contributed by atoms with Gasteiger partial charge >= 0.3 is 0 Å². The predicted octanol–water partition coefficient (Wildman–Crippen LogP) is 2.45. The number of hydrogen-bond acceptors (Lipinski definition) is 3. The number of nitrogens with zero attached hydrogens (tertiary/aromatic N) is 1. The Morgan fingerprint density at radius 3 is 2.55 bits per heavy atom. The van der Waals surface area contributed by atoms with Crippen LogP contribution < -0.4 is 5.32 Å². The van der Waals surface area contributed by atoms with Crippen LogP contribution in [0, 0.1) is 0 Å². The predicted molar refractivity (Wildman–Crippen MR) is 84.0 cm³/mol. The van der Waals surface area contributed by atoms with Crippen molar-refractivity contribution in [3.63, 3.8) is 0 Å². The molecule has 20 heavy (non-hydrogen) atoms. The summed E-state index contributed by atoms with van der Waals surface area (Å²) >= 11 is 0. The molecule has 0 amide bonds. The molecule has 0 unspecified atom stereocenters. The maximum Gasteiger partial charge on any atom is 0.0595 e. The van der Waals surface area contributed by atoms with E-state index in [-0.39, 0.29) is 0 Å². The average Bonchev–Trinajstić information content (AvgIpc) is 2.50. The molecule has 1 N–H and O–H groups in total. The first-order valence-corrected chi connectivity index (χ1v) is 7.86. The Labute approximate surface area is 123 Å². The van der Waals surface area contributed by atoms with E-state index in [4.69, 9.17) is 4.74 Å². The summed E-state index contributed by atoms with van der Waals surface area (Å²) in [5.41, 5.74) is 2.98. The van der Waals surface area contributed by atoms with Gasteiger partial charge in [0.15, 0.2) is 0 Å². The molecule has 0 saturated carbocycles. The molecule has 1 fully saturated rings. The fraction of sp³-hybridized carbons (Fsp3) is 0.647. The molecule has 0 spiro atoms. The van der Waals surface area contributed by atoms with Gasteiger partial charge in [-0.05, 0) is 43.5 Å². The van der Waals surface area contributed by atoms with Crippen molar-refractivity contribution in [2.24, 2.45) is 0 Å². The number of hydrogen-bond donors (Lipinski definition) is 1.